The summed E-state index contributed by atoms with van der Waals surface area (Å²) in [6, 6.07) is 4.88. The summed E-state index contributed by atoms with van der Waals surface area (Å²) in [5.41, 5.74) is 2.93. The van der Waals surface area contributed by atoms with Gasteiger partial charge in [-0.25, -0.2) is 15.0 Å². The molecule has 4 aromatic heterocycles. The van der Waals surface area contributed by atoms with E-state index in [1.807, 2.05) is 19.1 Å². The van der Waals surface area contributed by atoms with Crippen LogP contribution in [0.3, 0.4) is 0 Å². The van der Waals surface area contributed by atoms with Crippen molar-refractivity contribution in [2.24, 2.45) is 7.05 Å². The topological polar surface area (TPSA) is 108 Å². The Labute approximate surface area is 212 Å². The molecular weight excluding hydrogens is 476 g/mol. The number of carbonyl (C=O) groups is 1. The standard InChI is InChI=1S/C24H28N10OS/c1-13-6-20(30-24(27-13)34-12-14-7-15(34)11-32(14)4)29-19-8-17-18(10-25-19)36-22(28-17)16-9-26-33(5)21(16)23(35)31(2)3/h6,8-10,14-15H,7,11-12H2,1-5H3,(H,25,27,29,30)/t14-,15-/m0/s1. The second kappa shape index (κ2) is 8.49. The number of carbonyl (C=O) groups excluding carboxylic acids is 1. The summed E-state index contributed by atoms with van der Waals surface area (Å²) < 4.78 is 2.52. The molecule has 36 heavy (non-hydrogen) atoms. The first-order valence-corrected chi connectivity index (χ1v) is 12.7. The minimum Gasteiger partial charge on any atom is -0.343 e. The molecule has 0 aliphatic carbocycles. The molecule has 6 heterocycles. The van der Waals surface area contributed by atoms with Gasteiger partial charge in [-0.1, -0.05) is 0 Å². The lowest BCUT2D eigenvalue weighted by atomic mass is 10.2. The quantitative estimate of drug-likeness (QED) is 0.439. The van der Waals surface area contributed by atoms with Crippen molar-refractivity contribution in [3.05, 3.63) is 35.9 Å². The van der Waals surface area contributed by atoms with Gasteiger partial charge in [0, 0.05) is 70.3 Å². The molecule has 12 heteroatoms. The Balaban J connectivity index is 1.28. The van der Waals surface area contributed by atoms with Gasteiger partial charge in [0.2, 0.25) is 5.95 Å². The Morgan fingerprint density at radius 2 is 1.92 bits per heavy atom. The lowest BCUT2D eigenvalue weighted by Gasteiger charge is -2.32. The zero-order valence-corrected chi connectivity index (χ0v) is 21.7. The number of likely N-dealkylation sites (tertiary alicyclic amines) is 1. The van der Waals surface area contributed by atoms with Crippen LogP contribution in [-0.2, 0) is 7.05 Å². The highest BCUT2D eigenvalue weighted by Crippen LogP contribution is 2.34. The number of nitrogens with zero attached hydrogens (tertiary/aromatic N) is 9. The van der Waals surface area contributed by atoms with E-state index in [1.165, 1.54) is 17.8 Å². The number of piperazine rings is 1. The molecular formula is C24H28N10OS. The summed E-state index contributed by atoms with van der Waals surface area (Å²) in [6.45, 7) is 4.00. The van der Waals surface area contributed by atoms with Gasteiger partial charge < -0.3 is 15.1 Å². The molecule has 0 unspecified atom stereocenters. The van der Waals surface area contributed by atoms with E-state index in [1.54, 1.807) is 43.1 Å². The molecule has 1 amide bonds. The molecule has 2 fully saturated rings. The summed E-state index contributed by atoms with van der Waals surface area (Å²) in [4.78, 5) is 37.9. The fourth-order valence-electron chi connectivity index (χ4n) is 5.07. The minimum atomic E-state index is -0.113. The summed E-state index contributed by atoms with van der Waals surface area (Å²) in [5.74, 6) is 2.02. The molecule has 11 nitrogen and oxygen atoms in total. The highest BCUT2D eigenvalue weighted by atomic mass is 32.1. The van der Waals surface area contributed by atoms with Crippen molar-refractivity contribution in [2.45, 2.75) is 25.4 Å². The van der Waals surface area contributed by atoms with Gasteiger partial charge in [0.05, 0.1) is 22.0 Å². The maximum atomic E-state index is 12.7. The number of hydrogen-bond donors (Lipinski definition) is 1. The van der Waals surface area contributed by atoms with Crippen LogP contribution >= 0.6 is 11.3 Å². The molecule has 2 aliphatic heterocycles. The Morgan fingerprint density at radius 3 is 2.64 bits per heavy atom. The van der Waals surface area contributed by atoms with Crippen LogP contribution < -0.4 is 10.2 Å². The predicted octanol–water partition coefficient (Wildman–Crippen LogP) is 2.53. The van der Waals surface area contributed by atoms with Crippen molar-refractivity contribution in [3.8, 4) is 10.6 Å². The molecule has 6 rings (SSSR count). The third-order valence-electron chi connectivity index (χ3n) is 6.92. The zero-order chi connectivity index (χ0) is 25.1. The highest BCUT2D eigenvalue weighted by Gasteiger charge is 2.42. The molecule has 2 aliphatic rings. The molecule has 4 aromatic rings. The van der Waals surface area contributed by atoms with E-state index >= 15 is 0 Å². The van der Waals surface area contributed by atoms with Crippen LogP contribution in [0.1, 0.15) is 22.6 Å². The molecule has 2 atom stereocenters. The molecule has 0 saturated carbocycles. The lowest BCUT2D eigenvalue weighted by Crippen LogP contribution is -2.45. The molecule has 0 spiro atoms. The number of rotatable bonds is 5. The van der Waals surface area contributed by atoms with E-state index in [4.69, 9.17) is 15.0 Å². The summed E-state index contributed by atoms with van der Waals surface area (Å²) in [6.07, 6.45) is 4.65. The molecule has 1 N–H and O–H groups in total. The maximum Gasteiger partial charge on any atom is 0.272 e. The fraction of sp³-hybridized carbons (Fsp3) is 0.417. The van der Waals surface area contributed by atoms with Gasteiger partial charge in [0.25, 0.3) is 5.91 Å². The summed E-state index contributed by atoms with van der Waals surface area (Å²) in [7, 11) is 7.41. The average molecular weight is 505 g/mol. The smallest absolute Gasteiger partial charge is 0.272 e. The third kappa shape index (κ3) is 3.86. The number of fused-ring (bicyclic) bond motifs is 3. The van der Waals surface area contributed by atoms with Crippen molar-refractivity contribution in [1.82, 2.24) is 39.5 Å². The molecule has 0 aromatic carbocycles. The van der Waals surface area contributed by atoms with Crippen LogP contribution in [0.25, 0.3) is 20.8 Å². The third-order valence-corrected chi connectivity index (χ3v) is 7.96. The van der Waals surface area contributed by atoms with Crippen molar-refractivity contribution < 1.29 is 4.79 Å². The lowest BCUT2D eigenvalue weighted by molar-refractivity contribution is 0.0817. The number of nitrogens with one attached hydrogen (secondary N) is 1. The monoisotopic (exact) mass is 504 g/mol. The number of likely N-dealkylation sites (N-methyl/N-ethyl adjacent to an activating group) is 1. The predicted molar refractivity (Wildman–Crippen MR) is 140 cm³/mol. The Kier molecular flexibility index (Phi) is 5.38. The average Bonchev–Trinajstić information content (AvgIpc) is 3.60. The van der Waals surface area contributed by atoms with Crippen molar-refractivity contribution in [1.29, 1.82) is 0 Å². The molecule has 186 valence electrons. The minimum absolute atomic E-state index is 0.113. The van der Waals surface area contributed by atoms with Gasteiger partial charge in [-0.2, -0.15) is 10.1 Å². The number of anilines is 3. The number of hydrogen-bond acceptors (Lipinski definition) is 10. The van der Waals surface area contributed by atoms with Crippen LogP contribution in [0, 0.1) is 6.92 Å². The summed E-state index contributed by atoms with van der Waals surface area (Å²) >= 11 is 1.49. The van der Waals surface area contributed by atoms with E-state index in [2.05, 4.69) is 32.2 Å². The molecule has 0 radical (unpaired) electrons. The second-order valence-corrected chi connectivity index (χ2v) is 10.8. The Hall–Kier alpha value is -3.64. The maximum absolute atomic E-state index is 12.7. The van der Waals surface area contributed by atoms with Crippen LogP contribution in [0.15, 0.2) is 24.5 Å². The normalized spacial score (nSPS) is 19.4. The largest absolute Gasteiger partial charge is 0.343 e. The van der Waals surface area contributed by atoms with Crippen LogP contribution in [0.2, 0.25) is 0 Å². The van der Waals surface area contributed by atoms with Gasteiger partial charge in [-0.3, -0.25) is 14.4 Å². The molecule has 2 bridgehead atoms. The second-order valence-electron chi connectivity index (χ2n) is 9.74. The van der Waals surface area contributed by atoms with E-state index < -0.39 is 0 Å². The number of aryl methyl sites for hydroxylation is 2. The first-order chi connectivity index (χ1) is 17.3. The van der Waals surface area contributed by atoms with E-state index in [0.29, 0.717) is 35.0 Å². The first kappa shape index (κ1) is 22.8. The van der Waals surface area contributed by atoms with Crippen molar-refractivity contribution in [3.63, 3.8) is 0 Å². The van der Waals surface area contributed by atoms with E-state index in [0.717, 1.165) is 40.0 Å². The number of amides is 1. The van der Waals surface area contributed by atoms with Crippen molar-refractivity contribution in [2.75, 3.05) is 44.4 Å². The Morgan fingerprint density at radius 1 is 1.08 bits per heavy atom. The van der Waals surface area contributed by atoms with Gasteiger partial charge in [-0.05, 0) is 20.4 Å². The van der Waals surface area contributed by atoms with E-state index in [-0.39, 0.29) is 5.91 Å². The molecule has 2 saturated heterocycles. The number of pyridine rings is 1. The van der Waals surface area contributed by atoms with E-state index in [9.17, 15) is 4.79 Å². The van der Waals surface area contributed by atoms with Gasteiger partial charge in [-0.15, -0.1) is 11.3 Å². The first-order valence-electron chi connectivity index (χ1n) is 11.9. The highest BCUT2D eigenvalue weighted by molar-refractivity contribution is 7.21. The van der Waals surface area contributed by atoms with Crippen LogP contribution in [-0.4, -0.2) is 91.7 Å². The SMILES string of the molecule is Cc1cc(Nc2cc3nc(-c4cnn(C)c4C(=O)N(C)C)sc3cn2)nc(N2C[C@@H]3C[C@H]2CN3C)n1. The van der Waals surface area contributed by atoms with Gasteiger partial charge in [0.1, 0.15) is 22.3 Å². The van der Waals surface area contributed by atoms with Gasteiger partial charge >= 0.3 is 0 Å². The van der Waals surface area contributed by atoms with Crippen LogP contribution in [0.4, 0.5) is 17.6 Å². The van der Waals surface area contributed by atoms with Crippen LogP contribution in [0.5, 0.6) is 0 Å². The number of aromatic nitrogens is 6. The number of thiazole rings is 1. The Bertz CT molecular complexity index is 1480. The fourth-order valence-corrected chi connectivity index (χ4v) is 5.99. The van der Waals surface area contributed by atoms with Gasteiger partial charge in [0.15, 0.2) is 0 Å². The zero-order valence-electron chi connectivity index (χ0n) is 20.9. The van der Waals surface area contributed by atoms with Crippen molar-refractivity contribution >= 4 is 45.0 Å². The summed E-state index contributed by atoms with van der Waals surface area (Å²) in [5, 5.41) is 8.37.